The smallest absolute Gasteiger partial charge is 0.361 e. The fraction of sp³-hybridized carbons (Fsp3) is 0.421. The van der Waals surface area contributed by atoms with Gasteiger partial charge in [-0.3, -0.25) is 9.59 Å². The van der Waals surface area contributed by atoms with Gasteiger partial charge in [-0.2, -0.15) is 13.2 Å². The highest BCUT2D eigenvalue weighted by Gasteiger charge is 2.36. The van der Waals surface area contributed by atoms with Gasteiger partial charge in [0.2, 0.25) is 11.8 Å². The molecule has 0 spiro atoms. The van der Waals surface area contributed by atoms with Crippen LogP contribution in [-0.2, 0) is 28.9 Å². The van der Waals surface area contributed by atoms with Crippen LogP contribution in [0.5, 0.6) is 0 Å². The van der Waals surface area contributed by atoms with Crippen LogP contribution in [0.15, 0.2) is 34.9 Å². The normalized spacial score (nSPS) is 17.2. The van der Waals surface area contributed by atoms with Crippen molar-refractivity contribution >= 4 is 11.8 Å². The standard InChI is InChI=1S/C19H20F3N3O3/c1-12-6-16(23-28-12)11-24(2)18(27)14-8-17(26)25(10-14)9-13-4-3-5-15(7-13)19(20,21)22/h3-7,14H,8-11H2,1-2H3/t14-/m1/s1. The molecule has 1 atom stereocenters. The van der Waals surface area contributed by atoms with Crippen molar-refractivity contribution in [3.8, 4) is 0 Å². The molecule has 0 unspecified atom stereocenters. The molecule has 2 heterocycles. The third kappa shape index (κ3) is 4.52. The second-order valence-electron chi connectivity index (χ2n) is 7.00. The van der Waals surface area contributed by atoms with Crippen LogP contribution >= 0.6 is 0 Å². The number of rotatable bonds is 5. The van der Waals surface area contributed by atoms with Crippen LogP contribution in [0, 0.1) is 12.8 Å². The number of halogens is 3. The van der Waals surface area contributed by atoms with Gasteiger partial charge in [0.25, 0.3) is 0 Å². The number of aryl methyl sites for hydroxylation is 1. The SMILES string of the molecule is Cc1cc(CN(C)C(=O)[C@@H]2CC(=O)N(Cc3cccc(C(F)(F)F)c3)C2)no1. The maximum absolute atomic E-state index is 12.9. The molecular weight excluding hydrogens is 375 g/mol. The lowest BCUT2D eigenvalue weighted by atomic mass is 10.1. The van der Waals surface area contributed by atoms with Crippen LogP contribution in [0.3, 0.4) is 0 Å². The molecule has 3 rings (SSSR count). The Morgan fingerprint density at radius 1 is 1.36 bits per heavy atom. The fourth-order valence-electron chi connectivity index (χ4n) is 3.28. The summed E-state index contributed by atoms with van der Waals surface area (Å²) in [7, 11) is 1.62. The Labute approximate surface area is 159 Å². The van der Waals surface area contributed by atoms with Gasteiger partial charge in [-0.25, -0.2) is 0 Å². The quantitative estimate of drug-likeness (QED) is 0.781. The molecule has 0 radical (unpaired) electrons. The van der Waals surface area contributed by atoms with Crippen molar-refractivity contribution in [1.29, 1.82) is 0 Å². The van der Waals surface area contributed by atoms with Crippen molar-refractivity contribution in [3.05, 3.63) is 52.9 Å². The molecule has 0 saturated carbocycles. The summed E-state index contributed by atoms with van der Waals surface area (Å²) in [6.45, 7) is 2.23. The Morgan fingerprint density at radius 3 is 2.75 bits per heavy atom. The first-order valence-corrected chi connectivity index (χ1v) is 8.74. The summed E-state index contributed by atoms with van der Waals surface area (Å²) < 4.78 is 43.5. The molecule has 6 nitrogen and oxygen atoms in total. The summed E-state index contributed by atoms with van der Waals surface area (Å²) in [5.41, 5.74) is 0.230. The number of carbonyl (C=O) groups excluding carboxylic acids is 2. The molecule has 0 bridgehead atoms. The molecule has 2 aromatic rings. The largest absolute Gasteiger partial charge is 0.416 e. The highest BCUT2D eigenvalue weighted by molar-refractivity contribution is 5.89. The molecule has 2 amide bonds. The lowest BCUT2D eigenvalue weighted by Gasteiger charge is -2.21. The van der Waals surface area contributed by atoms with Crippen LogP contribution in [0.25, 0.3) is 0 Å². The van der Waals surface area contributed by atoms with Crippen LogP contribution in [0.1, 0.15) is 29.0 Å². The number of benzene rings is 1. The maximum Gasteiger partial charge on any atom is 0.416 e. The van der Waals surface area contributed by atoms with Gasteiger partial charge < -0.3 is 14.3 Å². The van der Waals surface area contributed by atoms with Crippen molar-refractivity contribution in [3.63, 3.8) is 0 Å². The van der Waals surface area contributed by atoms with Crippen LogP contribution < -0.4 is 0 Å². The number of carbonyl (C=O) groups is 2. The van der Waals surface area contributed by atoms with Gasteiger partial charge in [-0.15, -0.1) is 0 Å². The van der Waals surface area contributed by atoms with E-state index in [1.807, 2.05) is 0 Å². The first kappa shape index (κ1) is 19.9. The average molecular weight is 395 g/mol. The molecule has 0 aliphatic carbocycles. The third-order valence-corrected chi connectivity index (χ3v) is 4.64. The summed E-state index contributed by atoms with van der Waals surface area (Å²) in [6.07, 6.45) is -4.40. The molecule has 28 heavy (non-hydrogen) atoms. The molecule has 150 valence electrons. The van der Waals surface area contributed by atoms with Gasteiger partial charge in [0.15, 0.2) is 0 Å². The molecule has 1 aliphatic heterocycles. The molecule has 0 N–H and O–H groups in total. The predicted octanol–water partition coefficient (Wildman–Crippen LogP) is 3.01. The summed E-state index contributed by atoms with van der Waals surface area (Å²) in [4.78, 5) is 27.8. The number of hydrogen-bond acceptors (Lipinski definition) is 4. The minimum absolute atomic E-state index is 0.0404. The van der Waals surface area contributed by atoms with Crippen LogP contribution in [-0.4, -0.2) is 40.4 Å². The van der Waals surface area contributed by atoms with E-state index < -0.39 is 17.7 Å². The maximum atomic E-state index is 12.9. The molecule has 1 saturated heterocycles. The Kier molecular flexibility index (Phi) is 5.44. The molecule has 1 fully saturated rings. The minimum Gasteiger partial charge on any atom is -0.361 e. The van der Waals surface area contributed by atoms with E-state index in [0.717, 1.165) is 12.1 Å². The monoisotopic (exact) mass is 395 g/mol. The minimum atomic E-state index is -4.44. The zero-order valence-corrected chi connectivity index (χ0v) is 15.5. The number of alkyl halides is 3. The predicted molar refractivity (Wildman–Crippen MR) is 92.7 cm³/mol. The van der Waals surface area contributed by atoms with Crippen LogP contribution in [0.4, 0.5) is 13.2 Å². The van der Waals surface area contributed by atoms with Gasteiger partial charge in [-0.1, -0.05) is 17.3 Å². The Hall–Kier alpha value is -2.84. The molecular formula is C19H20F3N3O3. The lowest BCUT2D eigenvalue weighted by Crippen LogP contribution is -2.34. The van der Waals surface area contributed by atoms with Crippen molar-refractivity contribution in [1.82, 2.24) is 15.0 Å². The first-order valence-electron chi connectivity index (χ1n) is 8.74. The lowest BCUT2D eigenvalue weighted by molar-refractivity contribution is -0.137. The van der Waals surface area contributed by atoms with Crippen molar-refractivity contribution < 1.29 is 27.3 Å². The molecule has 9 heteroatoms. The van der Waals surface area contributed by atoms with E-state index in [2.05, 4.69) is 5.16 Å². The Bertz CT molecular complexity index is 879. The first-order chi connectivity index (χ1) is 13.1. The van der Waals surface area contributed by atoms with E-state index >= 15 is 0 Å². The second-order valence-corrected chi connectivity index (χ2v) is 7.00. The van der Waals surface area contributed by atoms with Crippen molar-refractivity contribution in [2.45, 2.75) is 32.6 Å². The van der Waals surface area contributed by atoms with E-state index in [1.165, 1.54) is 21.9 Å². The molecule has 1 aromatic heterocycles. The van der Waals surface area contributed by atoms with E-state index in [-0.39, 0.29) is 37.9 Å². The highest BCUT2D eigenvalue weighted by Crippen LogP contribution is 2.30. The molecule has 1 aliphatic rings. The Balaban J connectivity index is 1.62. The van der Waals surface area contributed by atoms with Gasteiger partial charge in [0.1, 0.15) is 11.5 Å². The van der Waals surface area contributed by atoms with Gasteiger partial charge in [0, 0.05) is 32.6 Å². The van der Waals surface area contributed by atoms with Gasteiger partial charge in [0.05, 0.1) is 18.0 Å². The third-order valence-electron chi connectivity index (χ3n) is 4.64. The summed E-state index contributed by atoms with van der Waals surface area (Å²) >= 11 is 0. The van der Waals surface area contributed by atoms with E-state index in [0.29, 0.717) is 17.0 Å². The summed E-state index contributed by atoms with van der Waals surface area (Å²) in [5.74, 6) is -0.350. The van der Waals surface area contributed by atoms with Gasteiger partial charge in [-0.05, 0) is 24.6 Å². The fourth-order valence-corrected chi connectivity index (χ4v) is 3.28. The van der Waals surface area contributed by atoms with E-state index in [4.69, 9.17) is 4.52 Å². The zero-order valence-electron chi connectivity index (χ0n) is 15.5. The second kappa shape index (κ2) is 7.65. The Morgan fingerprint density at radius 2 is 2.11 bits per heavy atom. The summed E-state index contributed by atoms with van der Waals surface area (Å²) in [5, 5.41) is 3.84. The van der Waals surface area contributed by atoms with E-state index in [9.17, 15) is 22.8 Å². The number of amides is 2. The zero-order chi connectivity index (χ0) is 20.5. The number of nitrogens with zero attached hydrogens (tertiary/aromatic N) is 3. The van der Waals surface area contributed by atoms with Crippen LogP contribution in [0.2, 0.25) is 0 Å². The van der Waals surface area contributed by atoms with Crippen molar-refractivity contribution in [2.75, 3.05) is 13.6 Å². The van der Waals surface area contributed by atoms with Crippen molar-refractivity contribution in [2.24, 2.45) is 5.92 Å². The molecule has 1 aromatic carbocycles. The number of aromatic nitrogens is 1. The average Bonchev–Trinajstić information content (AvgIpc) is 3.19. The number of hydrogen-bond donors (Lipinski definition) is 0. The van der Waals surface area contributed by atoms with Gasteiger partial charge >= 0.3 is 6.18 Å². The topological polar surface area (TPSA) is 66.7 Å². The summed E-state index contributed by atoms with van der Waals surface area (Å²) in [6, 6.07) is 6.60. The number of likely N-dealkylation sites (tertiary alicyclic amines) is 1. The van der Waals surface area contributed by atoms with E-state index in [1.54, 1.807) is 20.0 Å². The highest BCUT2D eigenvalue weighted by atomic mass is 19.4.